The molecule has 1 aliphatic heterocycles. The quantitative estimate of drug-likeness (QED) is 0.556. The molecule has 0 spiro atoms. The molecule has 0 aromatic heterocycles. The number of ether oxygens (including phenoxy) is 1. The third-order valence-electron chi connectivity index (χ3n) is 4.01. The van der Waals surface area contributed by atoms with Gasteiger partial charge in [-0.15, -0.1) is 0 Å². The van der Waals surface area contributed by atoms with Crippen LogP contribution in [-0.4, -0.2) is 47.8 Å². The number of aliphatic imine (C=N–C) groups is 1. The van der Waals surface area contributed by atoms with Gasteiger partial charge < -0.3 is 15.4 Å². The van der Waals surface area contributed by atoms with Gasteiger partial charge in [-0.1, -0.05) is 30.3 Å². The van der Waals surface area contributed by atoms with Crippen LogP contribution in [-0.2, 0) is 21.3 Å². The smallest absolute Gasteiger partial charge is 0.191 e. The third-order valence-corrected chi connectivity index (χ3v) is 5.32. The number of rotatable bonds is 8. The highest BCUT2D eigenvalue weighted by Crippen LogP contribution is 2.24. The molecular formula is C18H29N3O2S. The van der Waals surface area contributed by atoms with Crippen LogP contribution in [0.3, 0.4) is 0 Å². The van der Waals surface area contributed by atoms with Crippen molar-refractivity contribution in [2.24, 2.45) is 4.99 Å². The largest absolute Gasteiger partial charge is 0.373 e. The molecule has 6 heteroatoms. The Balaban J connectivity index is 1.75. The second-order valence-corrected chi connectivity index (χ2v) is 7.87. The molecule has 24 heavy (non-hydrogen) atoms. The van der Waals surface area contributed by atoms with Crippen LogP contribution in [0.4, 0.5) is 0 Å². The van der Waals surface area contributed by atoms with E-state index in [1.807, 2.05) is 37.3 Å². The van der Waals surface area contributed by atoms with Crippen LogP contribution in [0.1, 0.15) is 32.3 Å². The van der Waals surface area contributed by atoms with Crippen molar-refractivity contribution in [3.63, 3.8) is 0 Å². The predicted molar refractivity (Wildman–Crippen MR) is 101 cm³/mol. The molecule has 2 rings (SSSR count). The zero-order valence-corrected chi connectivity index (χ0v) is 15.5. The lowest BCUT2D eigenvalue weighted by atomic mass is 10.0. The zero-order chi connectivity index (χ0) is 17.3. The highest BCUT2D eigenvalue weighted by Gasteiger charge is 2.29. The molecular weight excluding hydrogens is 322 g/mol. The maximum Gasteiger partial charge on any atom is 0.191 e. The lowest BCUT2D eigenvalue weighted by Gasteiger charge is -2.21. The van der Waals surface area contributed by atoms with Crippen molar-refractivity contribution in [3.05, 3.63) is 35.9 Å². The van der Waals surface area contributed by atoms with E-state index in [4.69, 9.17) is 4.74 Å². The van der Waals surface area contributed by atoms with Crippen LogP contribution >= 0.6 is 0 Å². The fourth-order valence-corrected chi connectivity index (χ4v) is 3.70. The molecule has 1 aromatic rings. The third kappa shape index (κ3) is 6.61. The van der Waals surface area contributed by atoms with Gasteiger partial charge in [0.2, 0.25) is 0 Å². The highest BCUT2D eigenvalue weighted by molar-refractivity contribution is 7.84. The predicted octanol–water partition coefficient (Wildman–Crippen LogP) is 2.06. The lowest BCUT2D eigenvalue weighted by Crippen LogP contribution is -2.40. The molecule has 0 amide bonds. The van der Waals surface area contributed by atoms with Gasteiger partial charge in [0, 0.05) is 42.0 Å². The molecule has 1 aromatic carbocycles. The molecule has 0 saturated carbocycles. The van der Waals surface area contributed by atoms with Gasteiger partial charge in [-0.25, -0.2) is 0 Å². The Morgan fingerprint density at radius 2 is 2.12 bits per heavy atom. The van der Waals surface area contributed by atoms with Crippen molar-refractivity contribution in [1.29, 1.82) is 0 Å². The summed E-state index contributed by atoms with van der Waals surface area (Å²) < 4.78 is 17.9. The monoisotopic (exact) mass is 351 g/mol. The Labute approximate surface area is 147 Å². The van der Waals surface area contributed by atoms with E-state index in [0.717, 1.165) is 37.5 Å². The van der Waals surface area contributed by atoms with E-state index in [9.17, 15) is 4.21 Å². The van der Waals surface area contributed by atoms with E-state index in [1.54, 1.807) is 0 Å². The molecule has 1 aliphatic rings. The molecule has 0 radical (unpaired) electrons. The van der Waals surface area contributed by atoms with Crippen molar-refractivity contribution in [2.45, 2.75) is 38.0 Å². The van der Waals surface area contributed by atoms with Crippen molar-refractivity contribution < 1.29 is 8.95 Å². The number of nitrogens with zero attached hydrogens (tertiary/aromatic N) is 1. The summed E-state index contributed by atoms with van der Waals surface area (Å²) in [7, 11) is -0.876. The Kier molecular flexibility index (Phi) is 7.72. The first kappa shape index (κ1) is 18.9. The van der Waals surface area contributed by atoms with Gasteiger partial charge in [-0.05, 0) is 32.3 Å². The Morgan fingerprint density at radius 3 is 2.79 bits per heavy atom. The van der Waals surface area contributed by atoms with Crippen LogP contribution in [0, 0.1) is 0 Å². The molecule has 2 N–H and O–H groups in total. The molecule has 1 saturated heterocycles. The summed E-state index contributed by atoms with van der Waals surface area (Å²) in [5, 5.41) is 6.50. The van der Waals surface area contributed by atoms with Gasteiger partial charge in [0.15, 0.2) is 5.96 Å². The van der Waals surface area contributed by atoms with Crippen molar-refractivity contribution in [1.82, 2.24) is 10.6 Å². The highest BCUT2D eigenvalue weighted by atomic mass is 32.2. The van der Waals surface area contributed by atoms with Gasteiger partial charge in [0.05, 0.1) is 12.1 Å². The van der Waals surface area contributed by atoms with Crippen molar-refractivity contribution in [2.75, 3.05) is 32.0 Å². The second kappa shape index (κ2) is 9.79. The molecule has 0 aliphatic carbocycles. The Bertz CT molecular complexity index is 542. The number of guanidine groups is 1. The summed E-state index contributed by atoms with van der Waals surface area (Å²) in [5.41, 5.74) is 0.973. The minimum absolute atomic E-state index is 0.140. The van der Waals surface area contributed by atoms with E-state index >= 15 is 0 Å². The molecule has 2 atom stereocenters. The molecule has 1 heterocycles. The van der Waals surface area contributed by atoms with Gasteiger partial charge in [-0.3, -0.25) is 9.20 Å². The summed E-state index contributed by atoms with van der Waals surface area (Å²) in [6, 6.07) is 9.96. The minimum atomic E-state index is -0.876. The zero-order valence-electron chi connectivity index (χ0n) is 14.7. The van der Waals surface area contributed by atoms with Gasteiger partial charge in [0.25, 0.3) is 0 Å². The summed E-state index contributed by atoms with van der Waals surface area (Å²) in [6.07, 6.45) is 2.16. The van der Waals surface area contributed by atoms with E-state index < -0.39 is 10.8 Å². The Morgan fingerprint density at radius 1 is 1.33 bits per heavy atom. The van der Waals surface area contributed by atoms with Crippen molar-refractivity contribution >= 4 is 16.8 Å². The maximum absolute atomic E-state index is 12.2. The standard InChI is InChI=1S/C18H29N3O2S/c1-3-19-17(21-15-18(2)10-7-12-23-18)20-11-13-24(22)14-16-8-5-4-6-9-16/h4-6,8-9H,3,7,10-15H2,1-2H3,(H2,19,20,21). The van der Waals surface area contributed by atoms with Crippen LogP contribution in [0.25, 0.3) is 0 Å². The van der Waals surface area contributed by atoms with Gasteiger partial charge in [0.1, 0.15) is 0 Å². The first-order valence-electron chi connectivity index (χ1n) is 8.66. The van der Waals surface area contributed by atoms with E-state index in [0.29, 0.717) is 24.6 Å². The molecule has 134 valence electrons. The summed E-state index contributed by atoms with van der Waals surface area (Å²) >= 11 is 0. The van der Waals surface area contributed by atoms with Gasteiger partial charge >= 0.3 is 0 Å². The fourth-order valence-electron chi connectivity index (χ4n) is 2.67. The first-order chi connectivity index (χ1) is 11.6. The fraction of sp³-hybridized carbons (Fsp3) is 0.611. The van der Waals surface area contributed by atoms with E-state index in [-0.39, 0.29) is 5.60 Å². The van der Waals surface area contributed by atoms with E-state index in [2.05, 4.69) is 22.5 Å². The molecule has 0 bridgehead atoms. The SMILES string of the molecule is CCNC(=NCC1(C)CCCO1)NCCS(=O)Cc1ccccc1. The summed E-state index contributed by atoms with van der Waals surface area (Å²) in [4.78, 5) is 4.62. The average Bonchev–Trinajstić information content (AvgIpc) is 3.01. The summed E-state index contributed by atoms with van der Waals surface area (Å²) in [6.45, 7) is 7.07. The normalized spacial score (nSPS) is 22.3. The minimum Gasteiger partial charge on any atom is -0.373 e. The van der Waals surface area contributed by atoms with Crippen LogP contribution in [0.15, 0.2) is 35.3 Å². The van der Waals surface area contributed by atoms with E-state index in [1.165, 1.54) is 0 Å². The molecule has 5 nitrogen and oxygen atoms in total. The Hall–Kier alpha value is -1.40. The first-order valence-corrected chi connectivity index (χ1v) is 10.2. The molecule has 1 fully saturated rings. The average molecular weight is 352 g/mol. The van der Waals surface area contributed by atoms with Crippen molar-refractivity contribution in [3.8, 4) is 0 Å². The number of hydrogen-bond acceptors (Lipinski definition) is 3. The summed E-state index contributed by atoms with van der Waals surface area (Å²) in [5.74, 6) is 1.97. The topological polar surface area (TPSA) is 62.7 Å². The van der Waals surface area contributed by atoms with Crippen LogP contribution in [0.5, 0.6) is 0 Å². The number of benzene rings is 1. The lowest BCUT2D eigenvalue weighted by molar-refractivity contribution is 0.0283. The number of hydrogen-bond donors (Lipinski definition) is 2. The maximum atomic E-state index is 12.2. The van der Waals surface area contributed by atoms with Crippen LogP contribution in [0.2, 0.25) is 0 Å². The van der Waals surface area contributed by atoms with Crippen LogP contribution < -0.4 is 10.6 Å². The number of nitrogens with one attached hydrogen (secondary N) is 2. The second-order valence-electron chi connectivity index (χ2n) is 6.30. The van der Waals surface area contributed by atoms with Gasteiger partial charge in [-0.2, -0.15) is 0 Å². The molecule has 2 unspecified atom stereocenters.